The average molecular weight is 450 g/mol. The highest BCUT2D eigenvalue weighted by Gasteiger charge is 2.26. The summed E-state index contributed by atoms with van der Waals surface area (Å²) in [5.41, 5.74) is 1.95. The molecule has 0 radical (unpaired) electrons. The number of likely N-dealkylation sites (N-methyl/N-ethyl adjacent to an activating group) is 1. The van der Waals surface area contributed by atoms with Gasteiger partial charge in [-0.05, 0) is 43.9 Å². The van der Waals surface area contributed by atoms with Gasteiger partial charge < -0.3 is 19.1 Å². The van der Waals surface area contributed by atoms with Crippen LogP contribution in [0.25, 0.3) is 0 Å². The summed E-state index contributed by atoms with van der Waals surface area (Å²) in [5.74, 6) is 1.17. The van der Waals surface area contributed by atoms with Gasteiger partial charge in [0.1, 0.15) is 5.76 Å². The summed E-state index contributed by atoms with van der Waals surface area (Å²) < 4.78 is 5.93. The number of para-hydroxylation sites is 1. The largest absolute Gasteiger partial charge is 0.454 e. The van der Waals surface area contributed by atoms with Crippen molar-refractivity contribution in [1.29, 1.82) is 0 Å². The highest BCUT2D eigenvalue weighted by Crippen LogP contribution is 2.35. The van der Waals surface area contributed by atoms with Gasteiger partial charge in [-0.25, -0.2) is 0 Å². The highest BCUT2D eigenvalue weighted by atomic mass is 32.2. The number of hydrogen-bond donors (Lipinski definition) is 0. The summed E-state index contributed by atoms with van der Waals surface area (Å²) in [4.78, 5) is 32.5. The molecule has 7 heteroatoms. The van der Waals surface area contributed by atoms with Crippen molar-refractivity contribution in [1.82, 2.24) is 9.80 Å². The lowest BCUT2D eigenvalue weighted by atomic mass is 10.2. The molecule has 0 atom stereocenters. The third-order valence-corrected chi connectivity index (χ3v) is 6.36. The summed E-state index contributed by atoms with van der Waals surface area (Å²) in [7, 11) is 3.98. The fraction of sp³-hybridized carbons (Fsp3) is 0.280. The van der Waals surface area contributed by atoms with Crippen LogP contribution in [0.5, 0.6) is 0 Å². The van der Waals surface area contributed by atoms with Crippen molar-refractivity contribution >= 4 is 29.3 Å². The maximum Gasteiger partial charge on any atom is 0.289 e. The Balaban J connectivity index is 1.50. The third-order valence-electron chi connectivity index (χ3n) is 5.32. The van der Waals surface area contributed by atoms with E-state index in [9.17, 15) is 9.59 Å². The van der Waals surface area contributed by atoms with Crippen LogP contribution >= 0.6 is 11.8 Å². The summed E-state index contributed by atoms with van der Waals surface area (Å²) in [6.07, 6.45) is 0. The molecule has 1 aromatic heterocycles. The molecule has 2 aromatic carbocycles. The van der Waals surface area contributed by atoms with Crippen molar-refractivity contribution in [2.24, 2.45) is 0 Å². The molecule has 6 nitrogen and oxygen atoms in total. The number of nitrogens with zero attached hydrogens (tertiary/aromatic N) is 3. The molecule has 166 valence electrons. The molecule has 0 spiro atoms. The van der Waals surface area contributed by atoms with Gasteiger partial charge in [-0.3, -0.25) is 9.59 Å². The Morgan fingerprint density at radius 3 is 2.53 bits per heavy atom. The van der Waals surface area contributed by atoms with Gasteiger partial charge in [0.05, 0.1) is 18.0 Å². The Morgan fingerprint density at radius 2 is 1.75 bits per heavy atom. The minimum atomic E-state index is -0.150. The number of benzene rings is 2. The van der Waals surface area contributed by atoms with E-state index in [1.165, 1.54) is 0 Å². The molecule has 0 fully saturated rings. The first-order chi connectivity index (χ1) is 15.5. The number of carbonyl (C=O) groups is 2. The molecule has 1 aliphatic heterocycles. The number of anilines is 1. The molecular weight excluding hydrogens is 422 g/mol. The molecule has 0 saturated carbocycles. The molecule has 32 heavy (non-hydrogen) atoms. The number of thioether (sulfide) groups is 1. The van der Waals surface area contributed by atoms with Crippen molar-refractivity contribution in [2.75, 3.05) is 37.8 Å². The predicted molar refractivity (Wildman–Crippen MR) is 127 cm³/mol. The maximum absolute atomic E-state index is 13.3. The van der Waals surface area contributed by atoms with Crippen LogP contribution in [0, 0.1) is 0 Å². The summed E-state index contributed by atoms with van der Waals surface area (Å²) in [5, 5.41) is 0. The lowest BCUT2D eigenvalue weighted by Crippen LogP contribution is -2.36. The van der Waals surface area contributed by atoms with E-state index in [1.807, 2.05) is 68.7 Å². The minimum absolute atomic E-state index is 0.0367. The van der Waals surface area contributed by atoms with E-state index in [-0.39, 0.29) is 11.8 Å². The number of hydrogen-bond acceptors (Lipinski definition) is 5. The standard InChI is InChI=1S/C25H27N3O3S/c1-26(2)14-15-27(16-19-8-4-3-5-9-19)25(30)22-13-12-20(31-22)17-28-21-10-6-7-11-23(21)32-18-24(28)29/h3-13H,14-18H2,1-2H3. The van der Waals surface area contributed by atoms with E-state index in [0.29, 0.717) is 36.9 Å². The number of carbonyl (C=O) groups excluding carboxylic acids is 2. The summed E-state index contributed by atoms with van der Waals surface area (Å²) in [6, 6.07) is 21.3. The van der Waals surface area contributed by atoms with E-state index in [2.05, 4.69) is 4.90 Å². The van der Waals surface area contributed by atoms with Crippen LogP contribution in [-0.2, 0) is 17.9 Å². The number of rotatable bonds is 8. The molecule has 3 aromatic rings. The van der Waals surface area contributed by atoms with Gasteiger partial charge in [0.25, 0.3) is 5.91 Å². The van der Waals surface area contributed by atoms with Gasteiger partial charge in [0, 0.05) is 24.5 Å². The van der Waals surface area contributed by atoms with Crippen molar-refractivity contribution in [3.63, 3.8) is 0 Å². The van der Waals surface area contributed by atoms with Crippen molar-refractivity contribution in [3.8, 4) is 0 Å². The highest BCUT2D eigenvalue weighted by molar-refractivity contribution is 8.00. The average Bonchev–Trinajstić information content (AvgIpc) is 3.27. The molecule has 2 amide bonds. The zero-order valence-electron chi connectivity index (χ0n) is 18.4. The van der Waals surface area contributed by atoms with Crippen LogP contribution < -0.4 is 4.90 Å². The molecule has 0 saturated heterocycles. The summed E-state index contributed by atoms with van der Waals surface area (Å²) >= 11 is 1.55. The molecule has 0 N–H and O–H groups in total. The molecular formula is C25H27N3O3S. The van der Waals surface area contributed by atoms with Gasteiger partial charge in [-0.1, -0.05) is 42.5 Å². The topological polar surface area (TPSA) is 57.0 Å². The Bertz CT molecular complexity index is 1080. The van der Waals surface area contributed by atoms with Crippen LogP contribution in [0.4, 0.5) is 5.69 Å². The van der Waals surface area contributed by atoms with Crippen LogP contribution in [0.15, 0.2) is 76.0 Å². The second kappa shape index (κ2) is 10.1. The second-order valence-corrected chi connectivity index (χ2v) is 9.04. The first-order valence-corrected chi connectivity index (χ1v) is 11.6. The van der Waals surface area contributed by atoms with Gasteiger partial charge in [0.15, 0.2) is 5.76 Å². The van der Waals surface area contributed by atoms with E-state index in [1.54, 1.807) is 33.7 Å². The normalized spacial score (nSPS) is 13.3. The van der Waals surface area contributed by atoms with Gasteiger partial charge in [-0.15, -0.1) is 11.8 Å². The molecule has 2 heterocycles. The number of furan rings is 1. The van der Waals surface area contributed by atoms with Gasteiger partial charge in [0.2, 0.25) is 5.91 Å². The van der Waals surface area contributed by atoms with Crippen LogP contribution in [-0.4, -0.2) is 54.6 Å². The van der Waals surface area contributed by atoms with Crippen molar-refractivity contribution < 1.29 is 14.0 Å². The third kappa shape index (κ3) is 5.23. The van der Waals surface area contributed by atoms with E-state index in [4.69, 9.17) is 4.42 Å². The fourth-order valence-electron chi connectivity index (χ4n) is 3.59. The molecule has 4 rings (SSSR count). The van der Waals surface area contributed by atoms with E-state index >= 15 is 0 Å². The first kappa shape index (κ1) is 22.2. The van der Waals surface area contributed by atoms with E-state index in [0.717, 1.165) is 22.7 Å². The van der Waals surface area contributed by atoms with E-state index < -0.39 is 0 Å². The Labute approximate surface area is 192 Å². The smallest absolute Gasteiger partial charge is 0.289 e. The second-order valence-electron chi connectivity index (χ2n) is 8.02. The number of amides is 2. The lowest BCUT2D eigenvalue weighted by molar-refractivity contribution is -0.116. The molecule has 0 unspecified atom stereocenters. The quantitative estimate of drug-likeness (QED) is 0.518. The van der Waals surface area contributed by atoms with Crippen LogP contribution in [0.1, 0.15) is 21.9 Å². The molecule has 0 aliphatic carbocycles. The van der Waals surface area contributed by atoms with Gasteiger partial charge >= 0.3 is 0 Å². The van der Waals surface area contributed by atoms with Crippen LogP contribution in [0.3, 0.4) is 0 Å². The first-order valence-electron chi connectivity index (χ1n) is 10.6. The molecule has 1 aliphatic rings. The Hall–Kier alpha value is -3.03. The Morgan fingerprint density at radius 1 is 1.00 bits per heavy atom. The lowest BCUT2D eigenvalue weighted by Gasteiger charge is -2.28. The SMILES string of the molecule is CN(C)CCN(Cc1ccccc1)C(=O)c1ccc(CN2C(=O)CSc3ccccc32)o1. The van der Waals surface area contributed by atoms with Crippen molar-refractivity contribution in [2.45, 2.75) is 18.0 Å². The van der Waals surface area contributed by atoms with Crippen molar-refractivity contribution in [3.05, 3.63) is 83.8 Å². The Kier molecular flexibility index (Phi) is 6.97. The zero-order valence-corrected chi connectivity index (χ0v) is 19.2. The minimum Gasteiger partial charge on any atom is -0.454 e. The number of fused-ring (bicyclic) bond motifs is 1. The van der Waals surface area contributed by atoms with Gasteiger partial charge in [-0.2, -0.15) is 0 Å². The fourth-order valence-corrected chi connectivity index (χ4v) is 4.53. The van der Waals surface area contributed by atoms with Crippen LogP contribution in [0.2, 0.25) is 0 Å². The maximum atomic E-state index is 13.3. The zero-order chi connectivity index (χ0) is 22.5. The monoisotopic (exact) mass is 449 g/mol. The predicted octanol–water partition coefficient (Wildman–Crippen LogP) is 4.12. The molecule has 0 bridgehead atoms. The summed E-state index contributed by atoms with van der Waals surface area (Å²) in [6.45, 7) is 2.16.